The van der Waals surface area contributed by atoms with Crippen molar-refractivity contribution in [3.05, 3.63) is 41.4 Å². The fourth-order valence-corrected chi connectivity index (χ4v) is 5.14. The smallest absolute Gasteiger partial charge is 0.339 e. The number of ether oxygens (including phenoxy) is 1. The number of nitrogens with zero attached hydrogens (tertiary/aromatic N) is 2. The van der Waals surface area contributed by atoms with Gasteiger partial charge in [-0.15, -0.1) is 11.3 Å². The van der Waals surface area contributed by atoms with Crippen molar-refractivity contribution >= 4 is 38.4 Å². The van der Waals surface area contributed by atoms with E-state index in [0.29, 0.717) is 18.0 Å². The summed E-state index contributed by atoms with van der Waals surface area (Å²) in [5.41, 5.74) is 0.00337. The molecule has 1 fully saturated rings. The van der Waals surface area contributed by atoms with Gasteiger partial charge >= 0.3 is 5.97 Å². The normalized spacial score (nSPS) is 16.0. The Kier molecular flexibility index (Phi) is 5.88. The largest absolute Gasteiger partial charge is 0.465 e. The molecule has 0 saturated carbocycles. The maximum absolute atomic E-state index is 13.0. The third-order valence-corrected chi connectivity index (χ3v) is 7.04. The number of sulfonamides is 1. The molecule has 0 bridgehead atoms. The van der Waals surface area contributed by atoms with Crippen molar-refractivity contribution in [1.82, 2.24) is 9.29 Å². The lowest BCUT2D eigenvalue weighted by atomic mass is 9.97. The van der Waals surface area contributed by atoms with E-state index in [-0.39, 0.29) is 35.4 Å². The maximum Gasteiger partial charge on any atom is 0.339 e. The van der Waals surface area contributed by atoms with Gasteiger partial charge in [0.15, 0.2) is 5.13 Å². The SMILES string of the molecule is COC(=O)c1ccccc1S(=O)(=O)N1CCC(C(=O)Nc2nccs2)CC1. The summed E-state index contributed by atoms with van der Waals surface area (Å²) in [6.07, 6.45) is 2.40. The number of carbonyl (C=O) groups excluding carboxylic acids is 2. The van der Waals surface area contributed by atoms with Crippen LogP contribution in [0, 0.1) is 5.92 Å². The molecule has 0 atom stereocenters. The Hall–Kier alpha value is -2.30. The second-order valence-corrected chi connectivity index (χ2v) is 8.79. The van der Waals surface area contributed by atoms with E-state index >= 15 is 0 Å². The molecular weight excluding hydrogens is 390 g/mol. The molecule has 10 heteroatoms. The first-order chi connectivity index (χ1) is 12.9. The van der Waals surface area contributed by atoms with E-state index < -0.39 is 16.0 Å². The van der Waals surface area contributed by atoms with Gasteiger partial charge in [-0.25, -0.2) is 18.2 Å². The summed E-state index contributed by atoms with van der Waals surface area (Å²) in [4.78, 5) is 28.1. The minimum atomic E-state index is -3.86. The Morgan fingerprint density at radius 2 is 1.96 bits per heavy atom. The first-order valence-corrected chi connectivity index (χ1v) is 10.6. The van der Waals surface area contributed by atoms with Crippen LogP contribution in [0.3, 0.4) is 0 Å². The Balaban J connectivity index is 1.70. The van der Waals surface area contributed by atoms with Crippen LogP contribution in [0.25, 0.3) is 0 Å². The number of piperidine rings is 1. The fraction of sp³-hybridized carbons (Fsp3) is 0.353. The van der Waals surface area contributed by atoms with Crippen molar-refractivity contribution in [1.29, 1.82) is 0 Å². The van der Waals surface area contributed by atoms with Gasteiger partial charge in [-0.3, -0.25) is 4.79 Å². The zero-order valence-electron chi connectivity index (χ0n) is 14.6. The third-order valence-electron chi connectivity index (χ3n) is 4.40. The standard InChI is InChI=1S/C17H19N3O5S2/c1-25-16(22)13-4-2-3-5-14(13)27(23,24)20-9-6-12(7-10-20)15(21)19-17-18-8-11-26-17/h2-5,8,11-12H,6-7,9-10H2,1H3,(H,18,19,21). The molecule has 0 radical (unpaired) electrons. The quantitative estimate of drug-likeness (QED) is 0.757. The molecular formula is C17H19N3O5S2. The van der Waals surface area contributed by atoms with Crippen molar-refractivity contribution in [2.45, 2.75) is 17.7 Å². The summed E-state index contributed by atoms with van der Waals surface area (Å²) in [6.45, 7) is 0.404. The first-order valence-electron chi connectivity index (χ1n) is 8.31. The summed E-state index contributed by atoms with van der Waals surface area (Å²) in [6, 6.07) is 5.96. The molecule has 3 rings (SSSR count). The Labute approximate surface area is 161 Å². The van der Waals surface area contributed by atoms with Crippen molar-refractivity contribution < 1.29 is 22.7 Å². The second kappa shape index (κ2) is 8.15. The van der Waals surface area contributed by atoms with Gasteiger partial charge < -0.3 is 10.1 Å². The van der Waals surface area contributed by atoms with Crippen LogP contribution < -0.4 is 5.32 Å². The number of amides is 1. The molecule has 1 aromatic carbocycles. The fourth-order valence-electron chi connectivity index (χ4n) is 2.96. The van der Waals surface area contributed by atoms with Crippen LogP contribution in [-0.4, -0.2) is 49.8 Å². The molecule has 1 saturated heterocycles. The number of carbonyl (C=O) groups is 2. The van der Waals surface area contributed by atoms with Crippen LogP contribution in [0.1, 0.15) is 23.2 Å². The Morgan fingerprint density at radius 3 is 2.59 bits per heavy atom. The van der Waals surface area contributed by atoms with Crippen molar-refractivity contribution in [2.75, 3.05) is 25.5 Å². The molecule has 1 aliphatic heterocycles. The van der Waals surface area contributed by atoms with E-state index in [0.717, 1.165) is 0 Å². The number of anilines is 1. The van der Waals surface area contributed by atoms with Gasteiger partial charge in [-0.1, -0.05) is 12.1 Å². The lowest BCUT2D eigenvalue weighted by molar-refractivity contribution is -0.120. The number of benzene rings is 1. The van der Waals surface area contributed by atoms with Crippen LogP contribution in [-0.2, 0) is 19.6 Å². The number of esters is 1. The monoisotopic (exact) mass is 409 g/mol. The number of rotatable bonds is 5. The number of aromatic nitrogens is 1. The lowest BCUT2D eigenvalue weighted by Crippen LogP contribution is -2.41. The lowest BCUT2D eigenvalue weighted by Gasteiger charge is -2.30. The summed E-state index contributed by atoms with van der Waals surface area (Å²) >= 11 is 1.33. The van der Waals surface area contributed by atoms with Gasteiger partial charge in [-0.05, 0) is 25.0 Å². The second-order valence-electron chi connectivity index (χ2n) is 5.99. The number of methoxy groups -OCH3 is 1. The average molecular weight is 409 g/mol. The molecule has 1 aromatic heterocycles. The average Bonchev–Trinajstić information content (AvgIpc) is 3.20. The zero-order valence-corrected chi connectivity index (χ0v) is 16.3. The van der Waals surface area contributed by atoms with Gasteiger partial charge in [0.25, 0.3) is 0 Å². The number of thiazole rings is 1. The summed E-state index contributed by atoms with van der Waals surface area (Å²) in [7, 11) is -2.65. The summed E-state index contributed by atoms with van der Waals surface area (Å²) < 4.78 is 31.9. The minimum absolute atomic E-state index is 0.00337. The van der Waals surface area contributed by atoms with Gasteiger partial charge in [0.1, 0.15) is 0 Å². The van der Waals surface area contributed by atoms with Crippen LogP contribution in [0.5, 0.6) is 0 Å². The maximum atomic E-state index is 13.0. The topological polar surface area (TPSA) is 106 Å². The highest BCUT2D eigenvalue weighted by Crippen LogP contribution is 2.27. The molecule has 0 spiro atoms. The molecule has 2 heterocycles. The van der Waals surface area contributed by atoms with Crippen LogP contribution >= 0.6 is 11.3 Å². The van der Waals surface area contributed by atoms with Gasteiger partial charge in [-0.2, -0.15) is 4.31 Å². The summed E-state index contributed by atoms with van der Waals surface area (Å²) in [5, 5.41) is 5.04. The van der Waals surface area contributed by atoms with Crippen molar-refractivity contribution in [3.8, 4) is 0 Å². The molecule has 144 valence electrons. The molecule has 0 unspecified atom stereocenters. The number of hydrogen-bond donors (Lipinski definition) is 1. The van der Waals surface area contributed by atoms with E-state index in [2.05, 4.69) is 15.0 Å². The van der Waals surface area contributed by atoms with Gasteiger partial charge in [0, 0.05) is 30.6 Å². The van der Waals surface area contributed by atoms with Crippen LogP contribution in [0.2, 0.25) is 0 Å². The first kappa shape index (κ1) is 19.5. The molecule has 8 nitrogen and oxygen atoms in total. The molecule has 0 aliphatic carbocycles. The zero-order chi connectivity index (χ0) is 19.4. The predicted molar refractivity (Wildman–Crippen MR) is 100 cm³/mol. The van der Waals surface area contributed by atoms with Crippen LogP contribution in [0.4, 0.5) is 5.13 Å². The molecule has 1 N–H and O–H groups in total. The summed E-state index contributed by atoms with van der Waals surface area (Å²) in [5.74, 6) is -1.14. The number of nitrogens with one attached hydrogen (secondary N) is 1. The van der Waals surface area contributed by atoms with E-state index in [9.17, 15) is 18.0 Å². The van der Waals surface area contributed by atoms with Crippen molar-refractivity contribution in [2.24, 2.45) is 5.92 Å². The van der Waals surface area contributed by atoms with Gasteiger partial charge in [0.05, 0.1) is 17.6 Å². The van der Waals surface area contributed by atoms with E-state index in [1.807, 2.05) is 0 Å². The van der Waals surface area contributed by atoms with Crippen molar-refractivity contribution in [3.63, 3.8) is 0 Å². The van der Waals surface area contributed by atoms with E-state index in [1.165, 1.54) is 34.9 Å². The highest BCUT2D eigenvalue weighted by Gasteiger charge is 2.34. The number of hydrogen-bond acceptors (Lipinski definition) is 7. The third kappa shape index (κ3) is 4.18. The molecule has 1 aliphatic rings. The highest BCUT2D eigenvalue weighted by molar-refractivity contribution is 7.89. The Morgan fingerprint density at radius 1 is 1.26 bits per heavy atom. The van der Waals surface area contributed by atoms with E-state index in [1.54, 1.807) is 23.7 Å². The molecule has 1 amide bonds. The van der Waals surface area contributed by atoms with Gasteiger partial charge in [0.2, 0.25) is 15.9 Å². The molecule has 2 aromatic rings. The van der Waals surface area contributed by atoms with E-state index in [4.69, 9.17) is 0 Å². The Bertz CT molecular complexity index is 920. The predicted octanol–water partition coefficient (Wildman–Crippen LogP) is 1.97. The molecule has 27 heavy (non-hydrogen) atoms. The minimum Gasteiger partial charge on any atom is -0.465 e. The highest BCUT2D eigenvalue weighted by atomic mass is 32.2. The van der Waals surface area contributed by atoms with Crippen LogP contribution in [0.15, 0.2) is 40.7 Å².